The van der Waals surface area contributed by atoms with E-state index in [9.17, 15) is 13.2 Å². The molecule has 0 saturated carbocycles. The lowest BCUT2D eigenvalue weighted by Gasteiger charge is -2.18. The third kappa shape index (κ3) is 5.26. The van der Waals surface area contributed by atoms with Crippen LogP contribution in [0.2, 0.25) is 0 Å². The van der Waals surface area contributed by atoms with Crippen molar-refractivity contribution in [2.24, 2.45) is 0 Å². The monoisotopic (exact) mass is 528 g/mol. The number of sulfonamides is 1. The molecule has 0 bridgehead atoms. The lowest BCUT2D eigenvalue weighted by molar-refractivity contribution is -0.117. The number of carbonyl (C=O) groups is 1. The summed E-state index contributed by atoms with van der Waals surface area (Å²) < 4.78 is 29.7. The molecule has 0 saturated heterocycles. The fraction of sp³-hybridized carbons (Fsp3) is 0.0556. The van der Waals surface area contributed by atoms with E-state index in [1.165, 1.54) is 6.07 Å². The predicted octanol–water partition coefficient (Wildman–Crippen LogP) is 4.93. The van der Waals surface area contributed by atoms with Crippen LogP contribution in [0.3, 0.4) is 0 Å². The van der Waals surface area contributed by atoms with E-state index in [-0.39, 0.29) is 4.21 Å². The van der Waals surface area contributed by atoms with Gasteiger partial charge < -0.3 is 5.32 Å². The fourth-order valence-electron chi connectivity index (χ4n) is 2.32. The van der Waals surface area contributed by atoms with Crippen LogP contribution in [0.25, 0.3) is 0 Å². The Hall–Kier alpha value is -1.52. The number of halogens is 2. The Bertz CT molecular complexity index is 1040. The van der Waals surface area contributed by atoms with Crippen molar-refractivity contribution >= 4 is 64.8 Å². The van der Waals surface area contributed by atoms with Gasteiger partial charge in [0.1, 0.15) is 10.3 Å². The summed E-state index contributed by atoms with van der Waals surface area (Å²) in [6.45, 7) is 0. The first kappa shape index (κ1) is 20.2. The molecule has 3 aromatic rings. The SMILES string of the molecule is O=C(Nc1ccc(Br)cc1)C(NS(=O)(=O)c1ccc(Br)s1)c1ccccc1. The highest BCUT2D eigenvalue weighted by Crippen LogP contribution is 2.28. The first-order chi connectivity index (χ1) is 12.8. The molecule has 1 heterocycles. The van der Waals surface area contributed by atoms with Crippen LogP contribution in [-0.2, 0) is 14.8 Å². The second kappa shape index (κ2) is 8.66. The topological polar surface area (TPSA) is 75.3 Å². The standard InChI is InChI=1S/C18H14Br2N2O3S2/c19-13-6-8-14(9-7-13)21-18(23)17(12-4-2-1-3-5-12)22-27(24,25)16-11-10-15(20)26-16/h1-11,17,22H,(H,21,23). The normalized spacial score (nSPS) is 12.5. The zero-order valence-corrected chi connectivity index (χ0v) is 18.5. The van der Waals surface area contributed by atoms with Crippen molar-refractivity contribution in [1.82, 2.24) is 4.72 Å². The number of anilines is 1. The molecule has 1 unspecified atom stereocenters. The first-order valence-electron chi connectivity index (χ1n) is 7.74. The van der Waals surface area contributed by atoms with Crippen molar-refractivity contribution in [3.8, 4) is 0 Å². The minimum atomic E-state index is -3.86. The Morgan fingerprint density at radius 1 is 0.926 bits per heavy atom. The molecule has 1 amide bonds. The van der Waals surface area contributed by atoms with Gasteiger partial charge in [-0.15, -0.1) is 11.3 Å². The Morgan fingerprint density at radius 3 is 2.19 bits per heavy atom. The molecule has 9 heteroatoms. The first-order valence-corrected chi connectivity index (χ1v) is 11.6. The van der Waals surface area contributed by atoms with Crippen LogP contribution in [0, 0.1) is 0 Å². The van der Waals surface area contributed by atoms with Gasteiger partial charge in [-0.2, -0.15) is 4.72 Å². The average molecular weight is 530 g/mol. The minimum absolute atomic E-state index is 0.131. The van der Waals surface area contributed by atoms with Crippen molar-refractivity contribution in [3.05, 3.63) is 80.6 Å². The van der Waals surface area contributed by atoms with Crippen LogP contribution in [0.4, 0.5) is 5.69 Å². The maximum absolute atomic E-state index is 12.9. The number of nitrogens with one attached hydrogen (secondary N) is 2. The number of amides is 1. The molecule has 3 rings (SSSR count). The van der Waals surface area contributed by atoms with Crippen molar-refractivity contribution in [3.63, 3.8) is 0 Å². The third-order valence-corrected chi connectivity index (χ3v) is 7.66. The fourth-order valence-corrected chi connectivity index (χ4v) is 5.80. The highest BCUT2D eigenvalue weighted by Gasteiger charge is 2.28. The average Bonchev–Trinajstić information content (AvgIpc) is 3.10. The molecule has 0 fully saturated rings. The number of carbonyl (C=O) groups excluding carboxylic acids is 1. The van der Waals surface area contributed by atoms with Gasteiger partial charge in [0.15, 0.2) is 0 Å². The molecule has 5 nitrogen and oxygen atoms in total. The van der Waals surface area contributed by atoms with E-state index in [1.807, 2.05) is 0 Å². The molecular formula is C18H14Br2N2O3S2. The Balaban J connectivity index is 1.89. The van der Waals surface area contributed by atoms with Gasteiger partial charge in [-0.05, 0) is 57.9 Å². The van der Waals surface area contributed by atoms with E-state index < -0.39 is 22.0 Å². The third-order valence-electron chi connectivity index (χ3n) is 3.59. The summed E-state index contributed by atoms with van der Waals surface area (Å²) in [5.74, 6) is -0.470. The van der Waals surface area contributed by atoms with Crippen LogP contribution in [0.15, 0.2) is 79.2 Å². The van der Waals surface area contributed by atoms with E-state index in [0.717, 1.165) is 15.8 Å². The van der Waals surface area contributed by atoms with Gasteiger partial charge in [0.05, 0.1) is 3.79 Å². The number of rotatable bonds is 6. The lowest BCUT2D eigenvalue weighted by atomic mass is 10.1. The summed E-state index contributed by atoms with van der Waals surface area (Å²) in [5.41, 5.74) is 1.12. The summed E-state index contributed by atoms with van der Waals surface area (Å²) in [4.78, 5) is 12.9. The molecule has 27 heavy (non-hydrogen) atoms. The minimum Gasteiger partial charge on any atom is -0.324 e. The molecule has 2 N–H and O–H groups in total. The quantitative estimate of drug-likeness (QED) is 0.475. The van der Waals surface area contributed by atoms with Gasteiger partial charge in [-0.25, -0.2) is 8.42 Å². The highest BCUT2D eigenvalue weighted by atomic mass is 79.9. The van der Waals surface area contributed by atoms with E-state index in [2.05, 4.69) is 41.9 Å². The zero-order chi connectivity index (χ0) is 19.4. The maximum Gasteiger partial charge on any atom is 0.251 e. The number of hydrogen-bond acceptors (Lipinski definition) is 4. The Kier molecular flexibility index (Phi) is 6.48. The van der Waals surface area contributed by atoms with Gasteiger partial charge in [0, 0.05) is 10.2 Å². The van der Waals surface area contributed by atoms with Crippen LogP contribution in [0.1, 0.15) is 11.6 Å². The van der Waals surface area contributed by atoms with Crippen LogP contribution in [0.5, 0.6) is 0 Å². The van der Waals surface area contributed by atoms with Crippen LogP contribution < -0.4 is 10.0 Å². The van der Waals surface area contributed by atoms with Gasteiger partial charge in [0.2, 0.25) is 5.91 Å². The second-order valence-electron chi connectivity index (χ2n) is 5.52. The van der Waals surface area contributed by atoms with Crippen molar-refractivity contribution in [2.45, 2.75) is 10.3 Å². The van der Waals surface area contributed by atoms with Crippen LogP contribution in [-0.4, -0.2) is 14.3 Å². The van der Waals surface area contributed by atoms with E-state index in [1.54, 1.807) is 60.7 Å². The molecule has 0 aliphatic carbocycles. The van der Waals surface area contributed by atoms with E-state index in [4.69, 9.17) is 0 Å². The summed E-state index contributed by atoms with van der Waals surface area (Å²) in [6.07, 6.45) is 0. The largest absolute Gasteiger partial charge is 0.324 e. The van der Waals surface area contributed by atoms with Gasteiger partial charge in [0.25, 0.3) is 10.0 Å². The number of hydrogen-bond donors (Lipinski definition) is 2. The molecule has 0 aliphatic heterocycles. The summed E-state index contributed by atoms with van der Waals surface area (Å²) in [6, 6.07) is 17.8. The zero-order valence-electron chi connectivity index (χ0n) is 13.7. The number of benzene rings is 2. The molecular weight excluding hydrogens is 516 g/mol. The maximum atomic E-state index is 12.9. The molecule has 0 aliphatic rings. The molecule has 0 radical (unpaired) electrons. The van der Waals surface area contributed by atoms with Gasteiger partial charge >= 0.3 is 0 Å². The number of thiophene rings is 1. The second-order valence-corrected chi connectivity index (χ2v) is 10.8. The van der Waals surface area contributed by atoms with Crippen LogP contribution >= 0.6 is 43.2 Å². The predicted molar refractivity (Wildman–Crippen MR) is 114 cm³/mol. The van der Waals surface area contributed by atoms with Gasteiger partial charge in [-0.3, -0.25) is 4.79 Å². The molecule has 2 aromatic carbocycles. The van der Waals surface area contributed by atoms with Gasteiger partial charge in [-0.1, -0.05) is 46.3 Å². The summed E-state index contributed by atoms with van der Waals surface area (Å²) in [5, 5.41) is 2.75. The summed E-state index contributed by atoms with van der Waals surface area (Å²) >= 11 is 7.67. The molecule has 1 atom stereocenters. The summed E-state index contributed by atoms with van der Waals surface area (Å²) in [7, 11) is -3.86. The highest BCUT2D eigenvalue weighted by molar-refractivity contribution is 9.11. The van der Waals surface area contributed by atoms with E-state index >= 15 is 0 Å². The Labute approximate surface area is 178 Å². The lowest BCUT2D eigenvalue weighted by Crippen LogP contribution is -2.36. The Morgan fingerprint density at radius 2 is 1.59 bits per heavy atom. The van der Waals surface area contributed by atoms with Crippen molar-refractivity contribution < 1.29 is 13.2 Å². The molecule has 0 spiro atoms. The molecule has 1 aromatic heterocycles. The van der Waals surface area contributed by atoms with Crippen molar-refractivity contribution in [2.75, 3.05) is 5.32 Å². The smallest absolute Gasteiger partial charge is 0.251 e. The molecule has 140 valence electrons. The van der Waals surface area contributed by atoms with E-state index in [0.29, 0.717) is 15.0 Å². The van der Waals surface area contributed by atoms with Crippen molar-refractivity contribution in [1.29, 1.82) is 0 Å².